The third-order valence-corrected chi connectivity index (χ3v) is 5.57. The van der Waals surface area contributed by atoms with Gasteiger partial charge in [-0.3, -0.25) is 0 Å². The van der Waals surface area contributed by atoms with Gasteiger partial charge in [0.2, 0.25) is 10.0 Å². The quantitative estimate of drug-likeness (QED) is 0.882. The first-order chi connectivity index (χ1) is 8.78. The molecule has 1 aromatic rings. The molecule has 1 aliphatic rings. The fourth-order valence-electron chi connectivity index (χ4n) is 2.26. The summed E-state index contributed by atoms with van der Waals surface area (Å²) in [7, 11) is -3.47. The highest BCUT2D eigenvalue weighted by molar-refractivity contribution is 9.10. The maximum atomic E-state index is 12.2. The molecule has 0 atom stereocenters. The number of benzene rings is 1. The van der Waals surface area contributed by atoms with Gasteiger partial charge in [-0.1, -0.05) is 15.9 Å². The fourth-order valence-corrected chi connectivity index (χ4v) is 3.83. The molecule has 106 valence electrons. The zero-order valence-electron chi connectivity index (χ0n) is 10.8. The predicted octanol–water partition coefficient (Wildman–Crippen LogP) is 2.42. The van der Waals surface area contributed by atoms with Gasteiger partial charge in [0.1, 0.15) is 0 Å². The van der Waals surface area contributed by atoms with Crippen molar-refractivity contribution in [3.8, 4) is 0 Å². The minimum absolute atomic E-state index is 0.0890. The number of hydrogen-bond acceptors (Lipinski definition) is 3. The van der Waals surface area contributed by atoms with Gasteiger partial charge in [0.05, 0.1) is 10.5 Å². The van der Waals surface area contributed by atoms with Crippen LogP contribution in [0.3, 0.4) is 0 Å². The van der Waals surface area contributed by atoms with Crippen LogP contribution in [0, 0.1) is 0 Å². The van der Waals surface area contributed by atoms with Crippen LogP contribution < -0.4 is 4.72 Å². The molecule has 0 bridgehead atoms. The van der Waals surface area contributed by atoms with Crippen molar-refractivity contribution in [1.29, 1.82) is 0 Å². The Bertz CT molecular complexity index is 530. The Labute approximate surface area is 122 Å². The Morgan fingerprint density at radius 2 is 1.79 bits per heavy atom. The molecular weight excluding hydrogens is 330 g/mol. The van der Waals surface area contributed by atoms with Crippen LogP contribution in [0.25, 0.3) is 0 Å². The number of sulfonamides is 1. The standard InChI is InChI=1S/C13H18BrNO3S/c1-13(16)8-6-11(7-9-13)15-19(17,18)12-4-2-10(14)3-5-12/h2-5,11,15-16H,6-9H2,1H3/t11-,13+. The van der Waals surface area contributed by atoms with Crippen molar-refractivity contribution in [2.45, 2.75) is 49.1 Å². The van der Waals surface area contributed by atoms with Crippen LogP contribution in [-0.2, 0) is 10.0 Å². The molecule has 6 heteroatoms. The largest absolute Gasteiger partial charge is 0.390 e. The van der Waals surface area contributed by atoms with Gasteiger partial charge >= 0.3 is 0 Å². The number of aliphatic hydroxyl groups is 1. The van der Waals surface area contributed by atoms with E-state index in [1.807, 2.05) is 0 Å². The molecule has 2 N–H and O–H groups in total. The Kier molecular flexibility index (Phi) is 4.35. The van der Waals surface area contributed by atoms with E-state index in [9.17, 15) is 13.5 Å². The van der Waals surface area contributed by atoms with Crippen LogP contribution >= 0.6 is 15.9 Å². The van der Waals surface area contributed by atoms with Crippen molar-refractivity contribution in [2.24, 2.45) is 0 Å². The van der Waals surface area contributed by atoms with Crippen molar-refractivity contribution in [3.05, 3.63) is 28.7 Å². The van der Waals surface area contributed by atoms with Crippen molar-refractivity contribution >= 4 is 26.0 Å². The third kappa shape index (κ3) is 4.02. The second kappa shape index (κ2) is 5.52. The number of rotatable bonds is 3. The van der Waals surface area contributed by atoms with Crippen molar-refractivity contribution in [1.82, 2.24) is 4.72 Å². The smallest absolute Gasteiger partial charge is 0.240 e. The van der Waals surface area contributed by atoms with Gasteiger partial charge < -0.3 is 5.11 Å². The molecule has 0 amide bonds. The molecule has 2 rings (SSSR count). The Morgan fingerprint density at radius 1 is 1.26 bits per heavy atom. The Morgan fingerprint density at radius 3 is 2.32 bits per heavy atom. The van der Waals surface area contributed by atoms with E-state index in [4.69, 9.17) is 0 Å². The maximum absolute atomic E-state index is 12.2. The molecule has 1 aromatic carbocycles. The summed E-state index contributed by atoms with van der Waals surface area (Å²) in [5.41, 5.74) is -0.653. The molecule has 0 aromatic heterocycles. The highest BCUT2D eigenvalue weighted by Crippen LogP contribution is 2.28. The summed E-state index contributed by atoms with van der Waals surface area (Å²) in [5.74, 6) is 0. The first-order valence-electron chi connectivity index (χ1n) is 6.29. The van der Waals surface area contributed by atoms with Crippen LogP contribution in [0.15, 0.2) is 33.6 Å². The zero-order chi connectivity index (χ0) is 14.1. The summed E-state index contributed by atoms with van der Waals surface area (Å²) in [6.07, 6.45) is 2.59. The van der Waals surface area contributed by atoms with Gasteiger partial charge in [-0.25, -0.2) is 13.1 Å². The van der Waals surface area contributed by atoms with Gasteiger partial charge in [0.15, 0.2) is 0 Å². The molecule has 19 heavy (non-hydrogen) atoms. The van der Waals surface area contributed by atoms with Crippen LogP contribution in [0.1, 0.15) is 32.6 Å². The minimum atomic E-state index is -3.47. The first kappa shape index (κ1) is 15.0. The highest BCUT2D eigenvalue weighted by atomic mass is 79.9. The second-order valence-corrected chi connectivity index (χ2v) is 7.98. The number of halogens is 1. The van der Waals surface area contributed by atoms with E-state index in [1.54, 1.807) is 31.2 Å². The summed E-state index contributed by atoms with van der Waals surface area (Å²) in [4.78, 5) is 0.271. The minimum Gasteiger partial charge on any atom is -0.390 e. The van der Waals surface area contributed by atoms with E-state index < -0.39 is 15.6 Å². The topological polar surface area (TPSA) is 66.4 Å². The van der Waals surface area contributed by atoms with Gasteiger partial charge in [-0.15, -0.1) is 0 Å². The average Bonchev–Trinajstić information content (AvgIpc) is 2.32. The lowest BCUT2D eigenvalue weighted by Gasteiger charge is -2.33. The summed E-state index contributed by atoms with van der Waals surface area (Å²) in [6.45, 7) is 1.80. The number of nitrogens with one attached hydrogen (secondary N) is 1. The highest BCUT2D eigenvalue weighted by Gasteiger charge is 2.30. The fraction of sp³-hybridized carbons (Fsp3) is 0.538. The van der Waals surface area contributed by atoms with E-state index in [0.29, 0.717) is 25.7 Å². The molecule has 0 spiro atoms. The summed E-state index contributed by atoms with van der Waals surface area (Å²) < 4.78 is 27.9. The van der Waals surface area contributed by atoms with Crippen molar-refractivity contribution in [3.63, 3.8) is 0 Å². The van der Waals surface area contributed by atoms with Crippen LogP contribution in [0.2, 0.25) is 0 Å². The lowest BCUT2D eigenvalue weighted by molar-refractivity contribution is 0.0163. The predicted molar refractivity (Wildman–Crippen MR) is 77.3 cm³/mol. The molecular formula is C13H18BrNO3S. The molecule has 4 nitrogen and oxygen atoms in total. The molecule has 1 fully saturated rings. The molecule has 0 radical (unpaired) electrons. The molecule has 0 unspecified atom stereocenters. The van der Waals surface area contributed by atoms with Gasteiger partial charge in [0.25, 0.3) is 0 Å². The lowest BCUT2D eigenvalue weighted by atomic mass is 9.84. The average molecular weight is 348 g/mol. The van der Waals surface area contributed by atoms with Crippen molar-refractivity contribution < 1.29 is 13.5 Å². The van der Waals surface area contributed by atoms with Crippen LogP contribution in [-0.4, -0.2) is 25.2 Å². The zero-order valence-corrected chi connectivity index (χ0v) is 13.2. The Hall–Kier alpha value is -0.430. The summed E-state index contributed by atoms with van der Waals surface area (Å²) >= 11 is 3.28. The van der Waals surface area contributed by atoms with E-state index in [0.717, 1.165) is 4.47 Å². The monoisotopic (exact) mass is 347 g/mol. The normalized spacial score (nSPS) is 28.3. The molecule has 0 saturated heterocycles. The van der Waals surface area contributed by atoms with Gasteiger partial charge in [-0.2, -0.15) is 0 Å². The first-order valence-corrected chi connectivity index (χ1v) is 8.56. The van der Waals surface area contributed by atoms with E-state index >= 15 is 0 Å². The molecule has 0 heterocycles. The van der Waals surface area contributed by atoms with E-state index in [2.05, 4.69) is 20.7 Å². The SMILES string of the molecule is C[C@]1(O)CC[C@@H](NS(=O)(=O)c2ccc(Br)cc2)CC1. The Balaban J connectivity index is 2.04. The third-order valence-electron chi connectivity index (χ3n) is 3.51. The maximum Gasteiger partial charge on any atom is 0.240 e. The molecule has 1 saturated carbocycles. The van der Waals surface area contributed by atoms with Crippen LogP contribution in [0.4, 0.5) is 0 Å². The summed E-state index contributed by atoms with van der Waals surface area (Å²) in [5, 5.41) is 9.86. The van der Waals surface area contributed by atoms with Gasteiger partial charge in [-0.05, 0) is 56.9 Å². The van der Waals surface area contributed by atoms with E-state index in [1.165, 1.54) is 0 Å². The lowest BCUT2D eigenvalue weighted by Crippen LogP contribution is -2.42. The van der Waals surface area contributed by atoms with Crippen LogP contribution in [0.5, 0.6) is 0 Å². The molecule has 0 aliphatic heterocycles. The summed E-state index contributed by atoms with van der Waals surface area (Å²) in [6, 6.07) is 6.48. The molecule has 1 aliphatic carbocycles. The second-order valence-electron chi connectivity index (χ2n) is 5.35. The number of hydrogen-bond donors (Lipinski definition) is 2. The van der Waals surface area contributed by atoms with Crippen molar-refractivity contribution in [2.75, 3.05) is 0 Å². The van der Waals surface area contributed by atoms with E-state index in [-0.39, 0.29) is 10.9 Å². The van der Waals surface area contributed by atoms with Gasteiger partial charge in [0, 0.05) is 10.5 Å².